The summed E-state index contributed by atoms with van der Waals surface area (Å²) in [5.41, 5.74) is 6.76. The summed E-state index contributed by atoms with van der Waals surface area (Å²) in [7, 11) is 0. The normalized spacial score (nSPS) is 15.9. The Morgan fingerprint density at radius 2 is 1.41 bits per heavy atom. The highest BCUT2D eigenvalue weighted by atomic mass is 127. The number of rotatable bonds is 13. The van der Waals surface area contributed by atoms with Gasteiger partial charge in [-0.25, -0.2) is 0 Å². The lowest BCUT2D eigenvalue weighted by Crippen LogP contribution is -2.08. The molecule has 1 aromatic carbocycles. The first-order valence-electron chi connectivity index (χ1n) is 11.5. The van der Waals surface area contributed by atoms with Crippen LogP contribution in [0.5, 0.6) is 0 Å². The first-order valence-corrected chi connectivity index (χ1v) is 12.6. The maximum Gasteiger partial charge on any atom is 0.0223 e. The highest BCUT2D eigenvalue weighted by Gasteiger charge is 2.38. The van der Waals surface area contributed by atoms with Gasteiger partial charge in [-0.3, -0.25) is 0 Å². The zero-order valence-corrected chi connectivity index (χ0v) is 20.9. The second kappa shape index (κ2) is 10.6. The lowest BCUT2D eigenvalue weighted by Gasteiger charge is -2.22. The minimum Gasteiger partial charge on any atom is -0.0789 e. The third-order valence-electron chi connectivity index (χ3n) is 6.91. The molecule has 27 heavy (non-hydrogen) atoms. The van der Waals surface area contributed by atoms with Gasteiger partial charge < -0.3 is 0 Å². The molecule has 0 atom stereocenters. The Bertz CT molecular complexity index is 580. The van der Waals surface area contributed by atoms with Crippen molar-refractivity contribution >= 4 is 22.6 Å². The van der Waals surface area contributed by atoms with Gasteiger partial charge in [-0.1, -0.05) is 87.6 Å². The van der Waals surface area contributed by atoms with Crippen LogP contribution in [0.15, 0.2) is 12.1 Å². The molecule has 2 rings (SSSR count). The summed E-state index contributed by atoms with van der Waals surface area (Å²) in [6.07, 6.45) is 17.9. The highest BCUT2D eigenvalue weighted by Crippen LogP contribution is 2.49. The van der Waals surface area contributed by atoms with E-state index in [1.165, 1.54) is 94.6 Å². The monoisotopic (exact) mass is 482 g/mol. The Morgan fingerprint density at radius 1 is 0.852 bits per heavy atom. The van der Waals surface area contributed by atoms with Crippen molar-refractivity contribution in [3.8, 4) is 0 Å². The molecule has 0 spiro atoms. The molecular formula is C26H43I. The van der Waals surface area contributed by atoms with Crippen molar-refractivity contribution in [3.63, 3.8) is 0 Å². The van der Waals surface area contributed by atoms with Gasteiger partial charge in [-0.15, -0.1) is 0 Å². The molecular weight excluding hydrogens is 439 g/mol. The molecule has 0 heterocycles. The Hall–Kier alpha value is -0.0500. The van der Waals surface area contributed by atoms with Crippen LogP contribution in [0, 0.1) is 19.3 Å². The summed E-state index contributed by atoms with van der Waals surface area (Å²) >= 11 is 2.69. The van der Waals surface area contributed by atoms with E-state index < -0.39 is 0 Å². The van der Waals surface area contributed by atoms with Gasteiger partial charge in [0.2, 0.25) is 0 Å². The van der Waals surface area contributed by atoms with Crippen molar-refractivity contribution in [3.05, 3.63) is 34.4 Å². The second-order valence-corrected chi connectivity index (χ2v) is 12.3. The van der Waals surface area contributed by atoms with E-state index in [-0.39, 0.29) is 0 Å². The Balaban J connectivity index is 1.73. The van der Waals surface area contributed by atoms with Gasteiger partial charge in [0.25, 0.3) is 0 Å². The van der Waals surface area contributed by atoms with E-state index in [2.05, 4.69) is 69.3 Å². The smallest absolute Gasteiger partial charge is 0.0223 e. The molecule has 154 valence electrons. The van der Waals surface area contributed by atoms with Crippen LogP contribution in [0.3, 0.4) is 0 Å². The van der Waals surface area contributed by atoms with Crippen LogP contribution in [0.4, 0.5) is 0 Å². The van der Waals surface area contributed by atoms with Crippen molar-refractivity contribution in [2.75, 3.05) is 0 Å². The minimum absolute atomic E-state index is 0.531. The number of hydrogen-bond donors (Lipinski definition) is 0. The van der Waals surface area contributed by atoms with Crippen molar-refractivity contribution in [2.45, 2.75) is 122 Å². The third kappa shape index (κ3) is 8.46. The van der Waals surface area contributed by atoms with Gasteiger partial charge in [0.05, 0.1) is 0 Å². The lowest BCUT2D eigenvalue weighted by atomic mass is 9.84. The SMILES string of the molecule is CCC(C)(C)CCCCCc1cc(CCCCCC2(I)CC2)c(C)cc1C. The number of halogens is 1. The molecule has 0 nitrogen and oxygen atoms in total. The summed E-state index contributed by atoms with van der Waals surface area (Å²) in [5.74, 6) is 0. The zero-order chi connectivity index (χ0) is 19.9. The first kappa shape index (κ1) is 23.2. The molecule has 1 heteroatoms. The van der Waals surface area contributed by atoms with Gasteiger partial charge in [-0.2, -0.15) is 0 Å². The van der Waals surface area contributed by atoms with Crippen LogP contribution in [0.1, 0.15) is 114 Å². The molecule has 1 aromatic rings. The Labute approximate surface area is 183 Å². The summed E-state index contributed by atoms with van der Waals surface area (Å²) < 4.78 is 0.705. The topological polar surface area (TPSA) is 0 Å². The number of alkyl halides is 1. The molecule has 1 fully saturated rings. The lowest BCUT2D eigenvalue weighted by molar-refractivity contribution is 0.308. The number of benzene rings is 1. The van der Waals surface area contributed by atoms with E-state index in [1.54, 1.807) is 11.1 Å². The fourth-order valence-corrected chi connectivity index (χ4v) is 4.73. The number of hydrogen-bond acceptors (Lipinski definition) is 0. The van der Waals surface area contributed by atoms with Gasteiger partial charge >= 0.3 is 0 Å². The fourth-order valence-electron chi connectivity index (χ4n) is 4.08. The molecule has 0 radical (unpaired) electrons. The van der Waals surface area contributed by atoms with E-state index >= 15 is 0 Å². The van der Waals surface area contributed by atoms with E-state index in [1.807, 2.05) is 0 Å². The molecule has 1 saturated carbocycles. The summed E-state index contributed by atoms with van der Waals surface area (Å²) in [4.78, 5) is 0. The predicted molar refractivity (Wildman–Crippen MR) is 130 cm³/mol. The quantitative estimate of drug-likeness (QED) is 0.150. The van der Waals surface area contributed by atoms with Crippen LogP contribution < -0.4 is 0 Å². The van der Waals surface area contributed by atoms with E-state index in [0.717, 1.165) is 0 Å². The molecule has 1 aliphatic rings. The third-order valence-corrected chi connectivity index (χ3v) is 8.53. The highest BCUT2D eigenvalue weighted by molar-refractivity contribution is 14.1. The maximum absolute atomic E-state index is 2.69. The van der Waals surface area contributed by atoms with Crippen LogP contribution in [-0.4, -0.2) is 3.42 Å². The maximum atomic E-state index is 2.69. The average Bonchev–Trinajstić information content (AvgIpc) is 3.35. The second-order valence-electron chi connectivity index (χ2n) is 10.00. The van der Waals surface area contributed by atoms with Crippen molar-refractivity contribution in [2.24, 2.45) is 5.41 Å². The Morgan fingerprint density at radius 3 is 1.93 bits per heavy atom. The van der Waals surface area contributed by atoms with Crippen molar-refractivity contribution < 1.29 is 0 Å². The van der Waals surface area contributed by atoms with Crippen LogP contribution in [0.2, 0.25) is 0 Å². The van der Waals surface area contributed by atoms with Crippen LogP contribution >= 0.6 is 22.6 Å². The molecule has 0 N–H and O–H groups in total. The predicted octanol–water partition coefficient (Wildman–Crippen LogP) is 8.91. The van der Waals surface area contributed by atoms with Gasteiger partial charge in [0, 0.05) is 3.42 Å². The molecule has 0 aliphatic heterocycles. The average molecular weight is 483 g/mol. The van der Waals surface area contributed by atoms with E-state index in [4.69, 9.17) is 0 Å². The number of aryl methyl sites for hydroxylation is 4. The van der Waals surface area contributed by atoms with Gasteiger partial charge in [0.15, 0.2) is 0 Å². The van der Waals surface area contributed by atoms with E-state index in [0.29, 0.717) is 8.84 Å². The first-order chi connectivity index (χ1) is 12.7. The summed E-state index contributed by atoms with van der Waals surface area (Å²) in [6.45, 7) is 11.8. The largest absolute Gasteiger partial charge is 0.0789 e. The molecule has 0 aromatic heterocycles. The molecule has 0 amide bonds. The molecule has 0 saturated heterocycles. The summed E-state index contributed by atoms with van der Waals surface area (Å²) in [6, 6.07) is 4.98. The number of unbranched alkanes of at least 4 members (excludes halogenated alkanes) is 4. The zero-order valence-electron chi connectivity index (χ0n) is 18.7. The molecule has 1 aliphatic carbocycles. The van der Waals surface area contributed by atoms with Crippen LogP contribution in [-0.2, 0) is 12.8 Å². The minimum atomic E-state index is 0.531. The van der Waals surface area contributed by atoms with Crippen molar-refractivity contribution in [1.29, 1.82) is 0 Å². The van der Waals surface area contributed by atoms with Crippen LogP contribution in [0.25, 0.3) is 0 Å². The Kier molecular flexibility index (Phi) is 9.16. The molecule has 0 unspecified atom stereocenters. The standard InChI is InChI=1S/C26H43I/c1-6-25(4,5)15-11-7-9-13-23-20-24(22(3)19-21(23)2)14-10-8-12-16-26(27)17-18-26/h19-20H,6-18H2,1-5H3. The fraction of sp³-hybridized carbons (Fsp3) is 0.769. The van der Waals surface area contributed by atoms with Gasteiger partial charge in [-0.05, 0) is 92.9 Å². The molecule has 0 bridgehead atoms. The van der Waals surface area contributed by atoms with E-state index in [9.17, 15) is 0 Å². The van der Waals surface area contributed by atoms with Crippen molar-refractivity contribution in [1.82, 2.24) is 0 Å². The summed E-state index contributed by atoms with van der Waals surface area (Å²) in [5, 5.41) is 0. The van der Waals surface area contributed by atoms with Gasteiger partial charge in [0.1, 0.15) is 0 Å².